The van der Waals surface area contributed by atoms with E-state index in [0.29, 0.717) is 12.8 Å². The largest absolute Gasteiger partial charge is 0.454 e. The summed E-state index contributed by atoms with van der Waals surface area (Å²) in [5.41, 5.74) is 1.18. The molecule has 0 unspecified atom stereocenters. The van der Waals surface area contributed by atoms with Gasteiger partial charge in [0.25, 0.3) is 0 Å². The monoisotopic (exact) mass is 303 g/mol. The number of aliphatic hydroxyl groups excluding tert-OH is 1. The lowest BCUT2D eigenvalue weighted by atomic mass is 9.85. The molecule has 120 valence electrons. The molecule has 1 saturated heterocycles. The van der Waals surface area contributed by atoms with Crippen LogP contribution in [0.4, 0.5) is 0 Å². The van der Waals surface area contributed by atoms with Gasteiger partial charge in [0.1, 0.15) is 0 Å². The first-order valence-corrected chi connectivity index (χ1v) is 8.63. The molecule has 2 atom stereocenters. The standard InChI is InChI=1S/C18H25NO3/c20-16-11-19(14-4-2-1-3-5-14)9-8-15(16)13-6-7-17-18(10-13)22-12-21-17/h6-7,10,14-16,20H,1-5,8-9,11-12H2/t15-,16+/m0/s1. The minimum atomic E-state index is -0.281. The number of aliphatic hydroxyl groups is 1. The Balaban J connectivity index is 1.44. The molecule has 1 aromatic carbocycles. The van der Waals surface area contributed by atoms with Gasteiger partial charge in [0, 0.05) is 18.5 Å². The Morgan fingerprint density at radius 1 is 1.00 bits per heavy atom. The fourth-order valence-electron chi connectivity index (χ4n) is 4.27. The van der Waals surface area contributed by atoms with Crippen LogP contribution in [0, 0.1) is 0 Å². The van der Waals surface area contributed by atoms with Gasteiger partial charge in [0.15, 0.2) is 11.5 Å². The zero-order chi connectivity index (χ0) is 14.9. The van der Waals surface area contributed by atoms with Gasteiger partial charge in [-0.3, -0.25) is 4.90 Å². The zero-order valence-electron chi connectivity index (χ0n) is 13.0. The smallest absolute Gasteiger partial charge is 0.231 e. The Morgan fingerprint density at radius 3 is 2.64 bits per heavy atom. The third kappa shape index (κ3) is 2.70. The molecule has 0 spiro atoms. The highest BCUT2D eigenvalue weighted by Crippen LogP contribution is 2.38. The first-order valence-electron chi connectivity index (χ1n) is 8.63. The third-order valence-corrected chi connectivity index (χ3v) is 5.53. The minimum absolute atomic E-state index is 0.217. The first kappa shape index (κ1) is 14.3. The van der Waals surface area contributed by atoms with Gasteiger partial charge in [-0.25, -0.2) is 0 Å². The Morgan fingerprint density at radius 2 is 1.82 bits per heavy atom. The van der Waals surface area contributed by atoms with Crippen molar-refractivity contribution in [2.24, 2.45) is 0 Å². The average Bonchev–Trinajstić information content (AvgIpc) is 3.03. The van der Waals surface area contributed by atoms with Crippen molar-refractivity contribution in [3.63, 3.8) is 0 Å². The van der Waals surface area contributed by atoms with Crippen molar-refractivity contribution in [1.29, 1.82) is 0 Å². The van der Waals surface area contributed by atoms with Crippen molar-refractivity contribution in [3.8, 4) is 11.5 Å². The van der Waals surface area contributed by atoms with Gasteiger partial charge >= 0.3 is 0 Å². The Bertz CT molecular complexity index is 527. The molecule has 2 heterocycles. The zero-order valence-corrected chi connectivity index (χ0v) is 13.0. The van der Waals surface area contributed by atoms with Crippen molar-refractivity contribution in [1.82, 2.24) is 4.90 Å². The second-order valence-corrected chi connectivity index (χ2v) is 6.86. The number of fused-ring (bicyclic) bond motifs is 1. The van der Waals surface area contributed by atoms with Crippen LogP contribution >= 0.6 is 0 Å². The molecular weight excluding hydrogens is 278 g/mol. The SMILES string of the molecule is O[C@@H]1CN(C2CCCCC2)CC[C@H]1c1ccc2c(c1)OCO2. The van der Waals surface area contributed by atoms with Crippen molar-refractivity contribution in [2.45, 2.75) is 56.6 Å². The van der Waals surface area contributed by atoms with Gasteiger partial charge in [-0.05, 0) is 43.5 Å². The second-order valence-electron chi connectivity index (χ2n) is 6.86. The van der Waals surface area contributed by atoms with Crippen LogP contribution in [0.2, 0.25) is 0 Å². The fraction of sp³-hybridized carbons (Fsp3) is 0.667. The molecule has 2 aliphatic heterocycles. The molecule has 1 N–H and O–H groups in total. The van der Waals surface area contributed by atoms with E-state index in [4.69, 9.17) is 9.47 Å². The maximum atomic E-state index is 10.7. The van der Waals surface area contributed by atoms with E-state index < -0.39 is 0 Å². The summed E-state index contributed by atoms with van der Waals surface area (Å²) in [5, 5.41) is 10.7. The lowest BCUT2D eigenvalue weighted by Crippen LogP contribution is -2.48. The first-order chi connectivity index (χ1) is 10.8. The molecule has 3 aliphatic rings. The molecule has 2 fully saturated rings. The summed E-state index contributed by atoms with van der Waals surface area (Å²) < 4.78 is 10.8. The van der Waals surface area contributed by atoms with Crippen molar-refractivity contribution >= 4 is 0 Å². The molecule has 1 aromatic rings. The van der Waals surface area contributed by atoms with Gasteiger partial charge in [-0.1, -0.05) is 25.3 Å². The third-order valence-electron chi connectivity index (χ3n) is 5.53. The van der Waals surface area contributed by atoms with E-state index in [1.807, 2.05) is 12.1 Å². The maximum Gasteiger partial charge on any atom is 0.231 e. The molecule has 0 aromatic heterocycles. The number of ether oxygens (including phenoxy) is 2. The highest BCUT2D eigenvalue weighted by atomic mass is 16.7. The van der Waals surface area contributed by atoms with E-state index in [1.165, 1.54) is 37.7 Å². The van der Waals surface area contributed by atoms with Crippen LogP contribution in [-0.2, 0) is 0 Å². The van der Waals surface area contributed by atoms with Crippen molar-refractivity contribution in [3.05, 3.63) is 23.8 Å². The van der Waals surface area contributed by atoms with E-state index in [1.54, 1.807) is 0 Å². The number of likely N-dealkylation sites (tertiary alicyclic amines) is 1. The lowest BCUT2D eigenvalue weighted by Gasteiger charge is -2.42. The van der Waals surface area contributed by atoms with Crippen LogP contribution in [0.3, 0.4) is 0 Å². The summed E-state index contributed by atoms with van der Waals surface area (Å²) in [6.45, 7) is 2.21. The fourth-order valence-corrected chi connectivity index (χ4v) is 4.27. The van der Waals surface area contributed by atoms with Crippen LogP contribution in [0.25, 0.3) is 0 Å². The lowest BCUT2D eigenvalue weighted by molar-refractivity contribution is 0.0207. The number of benzene rings is 1. The quantitative estimate of drug-likeness (QED) is 0.912. The van der Waals surface area contributed by atoms with Gasteiger partial charge in [-0.15, -0.1) is 0 Å². The van der Waals surface area contributed by atoms with Crippen LogP contribution in [0.5, 0.6) is 11.5 Å². The number of rotatable bonds is 2. The molecule has 4 heteroatoms. The summed E-state index contributed by atoms with van der Waals surface area (Å²) in [4.78, 5) is 2.52. The van der Waals surface area contributed by atoms with Gasteiger partial charge in [0.05, 0.1) is 6.10 Å². The normalized spacial score (nSPS) is 29.7. The summed E-state index contributed by atoms with van der Waals surface area (Å²) in [6.07, 6.45) is 7.44. The Hall–Kier alpha value is -1.26. The van der Waals surface area contributed by atoms with Crippen LogP contribution in [0.1, 0.15) is 50.0 Å². The van der Waals surface area contributed by atoms with Crippen LogP contribution < -0.4 is 9.47 Å². The summed E-state index contributed by atoms with van der Waals surface area (Å²) >= 11 is 0. The van der Waals surface area contributed by atoms with Crippen molar-refractivity contribution in [2.75, 3.05) is 19.9 Å². The van der Waals surface area contributed by atoms with E-state index >= 15 is 0 Å². The number of hydrogen-bond donors (Lipinski definition) is 1. The molecule has 1 aliphatic carbocycles. The molecule has 1 saturated carbocycles. The summed E-state index contributed by atoms with van der Waals surface area (Å²) in [7, 11) is 0. The molecule has 4 rings (SSSR count). The number of hydrogen-bond acceptors (Lipinski definition) is 4. The summed E-state index contributed by atoms with van der Waals surface area (Å²) in [5.74, 6) is 1.85. The molecule has 0 radical (unpaired) electrons. The summed E-state index contributed by atoms with van der Waals surface area (Å²) in [6, 6.07) is 6.79. The van der Waals surface area contributed by atoms with Crippen LogP contribution in [-0.4, -0.2) is 42.0 Å². The minimum Gasteiger partial charge on any atom is -0.454 e. The van der Waals surface area contributed by atoms with Crippen LogP contribution in [0.15, 0.2) is 18.2 Å². The molecule has 0 amide bonds. The number of β-amino-alcohol motifs (C(OH)–C–C–N with tert-alkyl or cyclic N) is 1. The predicted molar refractivity (Wildman–Crippen MR) is 84.4 cm³/mol. The van der Waals surface area contributed by atoms with Gasteiger partial charge in [0.2, 0.25) is 6.79 Å². The van der Waals surface area contributed by atoms with Gasteiger partial charge < -0.3 is 14.6 Å². The molecule has 22 heavy (non-hydrogen) atoms. The number of piperidine rings is 1. The molecule has 0 bridgehead atoms. The highest BCUT2D eigenvalue weighted by molar-refractivity contribution is 5.45. The molecule has 4 nitrogen and oxygen atoms in total. The topological polar surface area (TPSA) is 41.9 Å². The Labute approximate surface area is 132 Å². The maximum absolute atomic E-state index is 10.7. The average molecular weight is 303 g/mol. The van der Waals surface area contributed by atoms with Crippen molar-refractivity contribution < 1.29 is 14.6 Å². The Kier molecular flexibility index (Phi) is 3.97. The number of nitrogens with zero attached hydrogens (tertiary/aromatic N) is 1. The van der Waals surface area contributed by atoms with E-state index in [2.05, 4.69) is 11.0 Å². The van der Waals surface area contributed by atoms with E-state index in [-0.39, 0.29) is 12.0 Å². The highest BCUT2D eigenvalue weighted by Gasteiger charge is 2.33. The van der Waals surface area contributed by atoms with Gasteiger partial charge in [-0.2, -0.15) is 0 Å². The van der Waals surface area contributed by atoms with E-state index in [9.17, 15) is 5.11 Å². The molecular formula is C18H25NO3. The predicted octanol–water partition coefficient (Wildman–Crippen LogP) is 2.90. The van der Waals surface area contributed by atoms with E-state index in [0.717, 1.165) is 31.0 Å². The second kappa shape index (κ2) is 6.09.